The number of rotatable bonds is 4. The van der Waals surface area contributed by atoms with Crippen molar-refractivity contribution in [1.29, 1.82) is 0 Å². The lowest BCUT2D eigenvalue weighted by atomic mass is 9.94. The van der Waals surface area contributed by atoms with Crippen LogP contribution in [0.2, 0.25) is 0 Å². The van der Waals surface area contributed by atoms with Gasteiger partial charge >= 0.3 is 5.97 Å². The van der Waals surface area contributed by atoms with E-state index < -0.39 is 11.5 Å². The third-order valence-corrected chi connectivity index (χ3v) is 3.09. The van der Waals surface area contributed by atoms with Gasteiger partial charge < -0.3 is 15.6 Å². The van der Waals surface area contributed by atoms with E-state index in [2.05, 4.69) is 4.90 Å². The zero-order valence-electron chi connectivity index (χ0n) is 10.1. The van der Waals surface area contributed by atoms with Crippen molar-refractivity contribution in [3.05, 3.63) is 0 Å². The summed E-state index contributed by atoms with van der Waals surface area (Å²) in [6, 6.07) is 0.174. The molecule has 0 aromatic heterocycles. The highest BCUT2D eigenvalue weighted by Gasteiger charge is 2.31. The van der Waals surface area contributed by atoms with Crippen LogP contribution in [0.5, 0.6) is 0 Å². The summed E-state index contributed by atoms with van der Waals surface area (Å²) in [7, 11) is 0. The van der Waals surface area contributed by atoms with Crippen molar-refractivity contribution in [3.63, 3.8) is 0 Å². The minimum Gasteiger partial charge on any atom is -0.480 e. The van der Waals surface area contributed by atoms with Crippen LogP contribution >= 0.6 is 0 Å². The lowest BCUT2D eigenvalue weighted by Gasteiger charge is -2.31. The molecule has 2 unspecified atom stereocenters. The molecule has 0 aromatic carbocycles. The molecule has 5 heteroatoms. The summed E-state index contributed by atoms with van der Waals surface area (Å²) in [4.78, 5) is 13.2. The molecule has 0 saturated carbocycles. The highest BCUT2D eigenvalue weighted by atomic mass is 16.5. The zero-order valence-corrected chi connectivity index (χ0v) is 10.1. The predicted octanol–water partition coefficient (Wildman–Crippen LogP) is 0.289. The Hall–Kier alpha value is -0.650. The third-order valence-electron chi connectivity index (χ3n) is 3.09. The van der Waals surface area contributed by atoms with Crippen LogP contribution in [0.3, 0.4) is 0 Å². The molecular formula is C11H22N2O3. The number of hydrogen-bond acceptors (Lipinski definition) is 4. The first kappa shape index (κ1) is 13.4. The number of aliphatic carboxylic acids is 1. The van der Waals surface area contributed by atoms with Crippen molar-refractivity contribution in [2.75, 3.05) is 26.3 Å². The lowest BCUT2D eigenvalue weighted by Crippen LogP contribution is -2.50. The molecular weight excluding hydrogens is 208 g/mol. The first-order valence-corrected chi connectivity index (χ1v) is 5.77. The summed E-state index contributed by atoms with van der Waals surface area (Å²) in [5.74, 6) is -0.939. The van der Waals surface area contributed by atoms with Crippen LogP contribution in [0.4, 0.5) is 0 Å². The summed E-state index contributed by atoms with van der Waals surface area (Å²) < 4.78 is 5.36. The minimum atomic E-state index is -1.15. The van der Waals surface area contributed by atoms with Gasteiger partial charge in [-0.15, -0.1) is 0 Å². The van der Waals surface area contributed by atoms with Gasteiger partial charge in [0.25, 0.3) is 0 Å². The third kappa shape index (κ3) is 3.73. The van der Waals surface area contributed by atoms with Crippen molar-refractivity contribution >= 4 is 5.97 Å². The minimum absolute atomic E-state index is 0.174. The first-order valence-electron chi connectivity index (χ1n) is 5.77. The first-order chi connectivity index (χ1) is 7.43. The van der Waals surface area contributed by atoms with E-state index >= 15 is 0 Å². The van der Waals surface area contributed by atoms with Crippen LogP contribution in [0.15, 0.2) is 0 Å². The second kappa shape index (κ2) is 5.61. The van der Waals surface area contributed by atoms with E-state index in [0.717, 1.165) is 32.7 Å². The predicted molar refractivity (Wildman–Crippen MR) is 61.3 cm³/mol. The van der Waals surface area contributed by atoms with Crippen LogP contribution in [-0.4, -0.2) is 53.9 Å². The Kier molecular flexibility index (Phi) is 4.70. The SMILES string of the molecule is CC(CC(C)(N)C(=O)O)N1CCCOCC1. The van der Waals surface area contributed by atoms with Gasteiger partial charge in [0.1, 0.15) is 5.54 Å². The van der Waals surface area contributed by atoms with Crippen LogP contribution in [0.25, 0.3) is 0 Å². The van der Waals surface area contributed by atoms with Crippen LogP contribution in [0, 0.1) is 0 Å². The molecule has 1 aliphatic rings. The molecule has 1 aliphatic heterocycles. The molecule has 16 heavy (non-hydrogen) atoms. The maximum Gasteiger partial charge on any atom is 0.323 e. The zero-order chi connectivity index (χ0) is 12.2. The molecule has 0 amide bonds. The van der Waals surface area contributed by atoms with E-state index in [1.54, 1.807) is 6.92 Å². The molecule has 1 rings (SSSR count). The van der Waals surface area contributed by atoms with Gasteiger partial charge in [-0.3, -0.25) is 9.69 Å². The summed E-state index contributed by atoms with van der Waals surface area (Å²) in [6.07, 6.45) is 1.46. The van der Waals surface area contributed by atoms with Crippen LogP contribution in [0.1, 0.15) is 26.7 Å². The maximum absolute atomic E-state index is 10.9. The monoisotopic (exact) mass is 230 g/mol. The van der Waals surface area contributed by atoms with E-state index in [4.69, 9.17) is 15.6 Å². The van der Waals surface area contributed by atoms with E-state index in [9.17, 15) is 4.79 Å². The Morgan fingerprint density at radius 1 is 1.56 bits per heavy atom. The quantitative estimate of drug-likeness (QED) is 0.726. The molecule has 1 saturated heterocycles. The second-order valence-corrected chi connectivity index (χ2v) is 4.78. The van der Waals surface area contributed by atoms with Crippen molar-refractivity contribution in [2.24, 2.45) is 5.73 Å². The smallest absolute Gasteiger partial charge is 0.323 e. The molecule has 0 aromatic rings. The van der Waals surface area contributed by atoms with Crippen molar-refractivity contribution in [3.8, 4) is 0 Å². The Bertz CT molecular complexity index is 235. The average Bonchev–Trinajstić information content (AvgIpc) is 2.44. The molecule has 1 heterocycles. The molecule has 1 fully saturated rings. The fourth-order valence-corrected chi connectivity index (χ4v) is 2.04. The fraction of sp³-hybridized carbons (Fsp3) is 0.909. The highest BCUT2D eigenvalue weighted by molar-refractivity contribution is 5.77. The number of nitrogens with zero attached hydrogens (tertiary/aromatic N) is 1. The highest BCUT2D eigenvalue weighted by Crippen LogP contribution is 2.15. The molecule has 0 bridgehead atoms. The van der Waals surface area contributed by atoms with E-state index in [1.807, 2.05) is 6.92 Å². The van der Waals surface area contributed by atoms with E-state index in [0.29, 0.717) is 6.42 Å². The largest absolute Gasteiger partial charge is 0.480 e. The Morgan fingerprint density at radius 3 is 2.88 bits per heavy atom. The maximum atomic E-state index is 10.9. The van der Waals surface area contributed by atoms with Crippen LogP contribution in [-0.2, 0) is 9.53 Å². The van der Waals surface area contributed by atoms with Crippen LogP contribution < -0.4 is 5.73 Å². The molecule has 0 aliphatic carbocycles. The molecule has 2 atom stereocenters. The number of nitrogens with two attached hydrogens (primary N) is 1. The molecule has 5 nitrogen and oxygen atoms in total. The van der Waals surface area contributed by atoms with Gasteiger partial charge in [0, 0.05) is 25.7 Å². The molecule has 0 spiro atoms. The number of carbonyl (C=O) groups is 1. The van der Waals surface area contributed by atoms with Gasteiger partial charge in [-0.1, -0.05) is 0 Å². The van der Waals surface area contributed by atoms with Gasteiger partial charge in [-0.05, 0) is 26.7 Å². The number of hydrogen-bond donors (Lipinski definition) is 2. The van der Waals surface area contributed by atoms with Crippen molar-refractivity contribution < 1.29 is 14.6 Å². The van der Waals surface area contributed by atoms with Gasteiger partial charge in [-0.25, -0.2) is 0 Å². The van der Waals surface area contributed by atoms with E-state index in [-0.39, 0.29) is 6.04 Å². The van der Waals surface area contributed by atoms with E-state index in [1.165, 1.54) is 0 Å². The summed E-state index contributed by atoms with van der Waals surface area (Å²) in [5, 5.41) is 8.98. The average molecular weight is 230 g/mol. The summed E-state index contributed by atoms with van der Waals surface area (Å²) >= 11 is 0. The van der Waals surface area contributed by atoms with Gasteiger partial charge in [0.2, 0.25) is 0 Å². The van der Waals surface area contributed by atoms with Gasteiger partial charge in [-0.2, -0.15) is 0 Å². The number of ether oxygens (including phenoxy) is 1. The Morgan fingerprint density at radius 2 is 2.25 bits per heavy atom. The topological polar surface area (TPSA) is 75.8 Å². The number of carboxylic acids is 1. The molecule has 3 N–H and O–H groups in total. The Labute approximate surface area is 96.6 Å². The Balaban J connectivity index is 2.49. The van der Waals surface area contributed by atoms with Gasteiger partial charge in [0.15, 0.2) is 0 Å². The summed E-state index contributed by atoms with van der Waals surface area (Å²) in [5.41, 5.74) is 4.60. The van der Waals surface area contributed by atoms with Gasteiger partial charge in [0.05, 0.1) is 6.61 Å². The normalized spacial score (nSPS) is 24.4. The standard InChI is InChI=1S/C11H22N2O3/c1-9(8-11(2,12)10(14)15)13-4-3-6-16-7-5-13/h9H,3-8,12H2,1-2H3,(H,14,15). The fourth-order valence-electron chi connectivity index (χ4n) is 2.04. The number of carboxylic acid groups (broad SMARTS) is 1. The summed E-state index contributed by atoms with van der Waals surface area (Å²) in [6.45, 7) is 6.92. The lowest BCUT2D eigenvalue weighted by molar-refractivity contribution is -0.143. The molecule has 0 radical (unpaired) electrons. The second-order valence-electron chi connectivity index (χ2n) is 4.78. The van der Waals surface area contributed by atoms with Crippen molar-refractivity contribution in [2.45, 2.75) is 38.3 Å². The molecule has 94 valence electrons. The van der Waals surface area contributed by atoms with Crippen molar-refractivity contribution in [1.82, 2.24) is 4.90 Å².